The molecule has 0 radical (unpaired) electrons. The predicted octanol–water partition coefficient (Wildman–Crippen LogP) is 2.03. The van der Waals surface area contributed by atoms with E-state index in [1.165, 1.54) is 25.7 Å². The molecule has 0 bridgehead atoms. The molecule has 0 unspecified atom stereocenters. The Bertz CT molecular complexity index is 298. The van der Waals surface area contributed by atoms with E-state index >= 15 is 0 Å². The molecule has 0 aromatic heterocycles. The fraction of sp³-hybridized carbons (Fsp3) is 0.846. The van der Waals surface area contributed by atoms with Crippen molar-refractivity contribution in [1.29, 1.82) is 0 Å². The number of nitrogens with zero attached hydrogens (tertiary/aromatic N) is 1. The van der Waals surface area contributed by atoms with Crippen LogP contribution in [0.4, 0.5) is 0 Å². The molecule has 0 aromatic rings. The van der Waals surface area contributed by atoms with E-state index in [-0.39, 0.29) is 18.7 Å². The van der Waals surface area contributed by atoms with Gasteiger partial charge in [0, 0.05) is 19.5 Å². The number of aliphatic carboxylic acids is 1. The van der Waals surface area contributed by atoms with E-state index in [0.29, 0.717) is 5.41 Å². The van der Waals surface area contributed by atoms with Crippen molar-refractivity contribution >= 4 is 11.9 Å². The molecule has 1 spiro atoms. The summed E-state index contributed by atoms with van der Waals surface area (Å²) in [5.74, 6) is -0.872. The number of carbonyl (C=O) groups excluding carboxylic acids is 1. The summed E-state index contributed by atoms with van der Waals surface area (Å²) in [4.78, 5) is 24.0. The fourth-order valence-electron chi connectivity index (χ4n) is 3.23. The second-order valence-corrected chi connectivity index (χ2v) is 5.48. The van der Waals surface area contributed by atoms with Crippen molar-refractivity contribution in [2.24, 2.45) is 5.41 Å². The lowest BCUT2D eigenvalue weighted by molar-refractivity contribution is -0.141. The summed E-state index contributed by atoms with van der Waals surface area (Å²) >= 11 is 0. The van der Waals surface area contributed by atoms with Gasteiger partial charge in [-0.2, -0.15) is 0 Å². The number of carboxylic acids is 1. The van der Waals surface area contributed by atoms with E-state index in [9.17, 15) is 9.59 Å². The van der Waals surface area contributed by atoms with E-state index in [0.717, 1.165) is 25.9 Å². The minimum absolute atomic E-state index is 0.0141. The third-order valence-corrected chi connectivity index (χ3v) is 4.39. The standard InChI is InChI=1S/C13H21NO3/c15-11(3-4-12(16)17)14-9-7-13(8-10-14)5-1-2-6-13/h1-10H2,(H,16,17). The van der Waals surface area contributed by atoms with Gasteiger partial charge in [-0.15, -0.1) is 0 Å². The zero-order chi connectivity index (χ0) is 12.3. The van der Waals surface area contributed by atoms with Crippen LogP contribution >= 0.6 is 0 Å². The van der Waals surface area contributed by atoms with Gasteiger partial charge >= 0.3 is 5.97 Å². The molecule has 0 atom stereocenters. The summed E-state index contributed by atoms with van der Waals surface area (Å²) in [6.07, 6.45) is 7.68. The summed E-state index contributed by atoms with van der Waals surface area (Å²) in [5.41, 5.74) is 0.517. The Balaban J connectivity index is 1.78. The highest BCUT2D eigenvalue weighted by molar-refractivity contribution is 5.80. The molecular weight excluding hydrogens is 218 g/mol. The zero-order valence-corrected chi connectivity index (χ0v) is 10.3. The fourth-order valence-corrected chi connectivity index (χ4v) is 3.23. The Kier molecular flexibility index (Phi) is 3.69. The van der Waals surface area contributed by atoms with Crippen molar-refractivity contribution in [1.82, 2.24) is 4.90 Å². The maximum atomic E-state index is 11.8. The van der Waals surface area contributed by atoms with Crippen molar-refractivity contribution in [3.63, 3.8) is 0 Å². The molecule has 4 heteroatoms. The number of rotatable bonds is 3. The monoisotopic (exact) mass is 239 g/mol. The van der Waals surface area contributed by atoms with Crippen molar-refractivity contribution in [2.75, 3.05) is 13.1 Å². The average Bonchev–Trinajstić information content (AvgIpc) is 2.75. The van der Waals surface area contributed by atoms with E-state index in [2.05, 4.69) is 0 Å². The maximum Gasteiger partial charge on any atom is 0.303 e. The van der Waals surface area contributed by atoms with Crippen molar-refractivity contribution < 1.29 is 14.7 Å². The third-order valence-electron chi connectivity index (χ3n) is 4.39. The van der Waals surface area contributed by atoms with Crippen molar-refractivity contribution in [2.45, 2.75) is 51.4 Å². The zero-order valence-electron chi connectivity index (χ0n) is 10.3. The van der Waals surface area contributed by atoms with Crippen LogP contribution in [0.25, 0.3) is 0 Å². The Morgan fingerprint density at radius 2 is 1.59 bits per heavy atom. The number of hydrogen-bond acceptors (Lipinski definition) is 2. The molecule has 0 aromatic carbocycles. The van der Waals surface area contributed by atoms with Crippen LogP contribution in [0.1, 0.15) is 51.4 Å². The van der Waals surface area contributed by atoms with Gasteiger partial charge in [0.05, 0.1) is 6.42 Å². The van der Waals surface area contributed by atoms with E-state index < -0.39 is 5.97 Å². The summed E-state index contributed by atoms with van der Waals surface area (Å²) in [6.45, 7) is 1.66. The minimum atomic E-state index is -0.886. The van der Waals surface area contributed by atoms with Gasteiger partial charge in [0.1, 0.15) is 0 Å². The summed E-state index contributed by atoms with van der Waals surface area (Å²) in [6, 6.07) is 0. The molecule has 2 aliphatic rings. The minimum Gasteiger partial charge on any atom is -0.481 e. The molecule has 1 amide bonds. The molecule has 96 valence electrons. The second-order valence-electron chi connectivity index (χ2n) is 5.48. The Hall–Kier alpha value is -1.06. The molecule has 1 saturated carbocycles. The van der Waals surface area contributed by atoms with Crippen LogP contribution in [0, 0.1) is 5.41 Å². The van der Waals surface area contributed by atoms with Crippen LogP contribution in [0.15, 0.2) is 0 Å². The highest BCUT2D eigenvalue weighted by Crippen LogP contribution is 2.46. The maximum absolute atomic E-state index is 11.8. The lowest BCUT2D eigenvalue weighted by atomic mass is 9.77. The highest BCUT2D eigenvalue weighted by atomic mass is 16.4. The van der Waals surface area contributed by atoms with Gasteiger partial charge in [-0.3, -0.25) is 9.59 Å². The van der Waals surface area contributed by atoms with E-state index in [1.54, 1.807) is 0 Å². The number of hydrogen-bond donors (Lipinski definition) is 1. The number of carbonyl (C=O) groups is 2. The number of carboxylic acid groups (broad SMARTS) is 1. The van der Waals surface area contributed by atoms with Gasteiger partial charge in [-0.1, -0.05) is 12.8 Å². The number of piperidine rings is 1. The lowest BCUT2D eigenvalue weighted by Crippen LogP contribution is -2.42. The van der Waals surface area contributed by atoms with Gasteiger partial charge in [-0.05, 0) is 31.1 Å². The van der Waals surface area contributed by atoms with Gasteiger partial charge in [0.25, 0.3) is 0 Å². The Labute approximate surface area is 102 Å². The molecule has 17 heavy (non-hydrogen) atoms. The molecule has 2 fully saturated rings. The van der Waals surface area contributed by atoms with Gasteiger partial charge in [0.2, 0.25) is 5.91 Å². The first kappa shape index (κ1) is 12.4. The largest absolute Gasteiger partial charge is 0.481 e. The van der Waals surface area contributed by atoms with Crippen molar-refractivity contribution in [3.05, 3.63) is 0 Å². The van der Waals surface area contributed by atoms with Gasteiger partial charge in [0.15, 0.2) is 0 Å². The van der Waals surface area contributed by atoms with Crippen LogP contribution in [0.2, 0.25) is 0 Å². The highest BCUT2D eigenvalue weighted by Gasteiger charge is 2.37. The lowest BCUT2D eigenvalue weighted by Gasteiger charge is -2.39. The SMILES string of the molecule is O=C(O)CCC(=O)N1CCC2(CCCC2)CC1. The van der Waals surface area contributed by atoms with Crippen LogP contribution in [0.5, 0.6) is 0 Å². The van der Waals surface area contributed by atoms with Crippen LogP contribution in [0.3, 0.4) is 0 Å². The number of amides is 1. The molecular formula is C13H21NO3. The normalized spacial score (nSPS) is 22.9. The first-order chi connectivity index (χ1) is 8.11. The first-order valence-corrected chi connectivity index (χ1v) is 6.61. The second kappa shape index (κ2) is 5.07. The van der Waals surface area contributed by atoms with E-state index in [1.807, 2.05) is 4.90 Å². The Morgan fingerprint density at radius 1 is 1.00 bits per heavy atom. The molecule has 1 N–H and O–H groups in total. The number of likely N-dealkylation sites (tertiary alicyclic amines) is 1. The smallest absolute Gasteiger partial charge is 0.303 e. The molecule has 2 rings (SSSR count). The van der Waals surface area contributed by atoms with Gasteiger partial charge < -0.3 is 10.0 Å². The van der Waals surface area contributed by atoms with E-state index in [4.69, 9.17) is 5.11 Å². The molecule has 1 saturated heterocycles. The molecule has 4 nitrogen and oxygen atoms in total. The van der Waals surface area contributed by atoms with Crippen LogP contribution in [-0.2, 0) is 9.59 Å². The van der Waals surface area contributed by atoms with Crippen LogP contribution in [-0.4, -0.2) is 35.0 Å². The molecule has 1 aliphatic carbocycles. The summed E-state index contributed by atoms with van der Waals surface area (Å²) < 4.78 is 0. The van der Waals surface area contributed by atoms with Crippen molar-refractivity contribution in [3.8, 4) is 0 Å². The first-order valence-electron chi connectivity index (χ1n) is 6.61. The summed E-state index contributed by atoms with van der Waals surface area (Å²) in [7, 11) is 0. The third kappa shape index (κ3) is 2.99. The Morgan fingerprint density at radius 3 is 2.12 bits per heavy atom. The van der Waals surface area contributed by atoms with Gasteiger partial charge in [-0.25, -0.2) is 0 Å². The summed E-state index contributed by atoms with van der Waals surface area (Å²) in [5, 5.41) is 8.56. The van der Waals surface area contributed by atoms with Crippen LogP contribution < -0.4 is 0 Å². The predicted molar refractivity (Wildman–Crippen MR) is 63.6 cm³/mol. The molecule has 1 heterocycles. The molecule has 1 aliphatic heterocycles. The quantitative estimate of drug-likeness (QED) is 0.819. The topological polar surface area (TPSA) is 57.6 Å². The average molecular weight is 239 g/mol.